The van der Waals surface area contributed by atoms with Gasteiger partial charge in [-0.3, -0.25) is 0 Å². The second-order valence-corrected chi connectivity index (χ2v) is 5.98. The average Bonchev–Trinajstić information content (AvgIpc) is 2.43. The first-order chi connectivity index (χ1) is 10.0. The lowest BCUT2D eigenvalue weighted by Crippen LogP contribution is -2.51. The van der Waals surface area contributed by atoms with Crippen LogP contribution >= 0.6 is 0 Å². The van der Waals surface area contributed by atoms with Gasteiger partial charge in [0.2, 0.25) is 0 Å². The lowest BCUT2D eigenvalue weighted by Gasteiger charge is -2.38. The highest BCUT2D eigenvalue weighted by Gasteiger charge is 2.31. The molecule has 2 heterocycles. The predicted molar refractivity (Wildman–Crippen MR) is 75.2 cm³/mol. The summed E-state index contributed by atoms with van der Waals surface area (Å²) >= 11 is 0. The van der Waals surface area contributed by atoms with Gasteiger partial charge in [-0.15, -0.1) is 0 Å². The Labute approximate surface area is 122 Å². The number of anilines is 1. The van der Waals surface area contributed by atoms with Crippen LogP contribution in [0.1, 0.15) is 37.7 Å². The van der Waals surface area contributed by atoms with Crippen LogP contribution in [0.4, 0.5) is 19.0 Å². The van der Waals surface area contributed by atoms with Gasteiger partial charge in [0.15, 0.2) is 0 Å². The monoisotopic (exact) mass is 299 g/mol. The number of hydrogen-bond acceptors (Lipinski definition) is 3. The molecule has 1 saturated carbocycles. The second-order valence-electron chi connectivity index (χ2n) is 5.98. The van der Waals surface area contributed by atoms with E-state index >= 15 is 0 Å². The molecule has 0 bridgehead atoms. The first kappa shape index (κ1) is 14.6. The van der Waals surface area contributed by atoms with E-state index in [4.69, 9.17) is 0 Å². The fraction of sp³-hybridized carbons (Fsp3) is 0.667. The van der Waals surface area contributed by atoms with Crippen molar-refractivity contribution in [3.05, 3.63) is 23.9 Å². The SMILES string of the molecule is FC(F)(F)c1ccc(N2CCCC(NC3CCC3)C2)nc1. The van der Waals surface area contributed by atoms with Crippen molar-refractivity contribution in [1.82, 2.24) is 10.3 Å². The van der Waals surface area contributed by atoms with Crippen LogP contribution in [0.2, 0.25) is 0 Å². The zero-order valence-corrected chi connectivity index (χ0v) is 11.9. The molecule has 1 N–H and O–H groups in total. The molecule has 0 aromatic carbocycles. The summed E-state index contributed by atoms with van der Waals surface area (Å²) in [7, 11) is 0. The molecular weight excluding hydrogens is 279 g/mol. The first-order valence-corrected chi connectivity index (χ1v) is 7.56. The quantitative estimate of drug-likeness (QED) is 0.929. The van der Waals surface area contributed by atoms with Gasteiger partial charge in [0.25, 0.3) is 0 Å². The molecule has 1 aliphatic carbocycles. The van der Waals surface area contributed by atoms with Crippen molar-refractivity contribution in [2.24, 2.45) is 0 Å². The summed E-state index contributed by atoms with van der Waals surface area (Å²) in [6, 6.07) is 3.66. The maximum atomic E-state index is 12.5. The van der Waals surface area contributed by atoms with Crippen molar-refractivity contribution in [2.75, 3.05) is 18.0 Å². The van der Waals surface area contributed by atoms with Crippen molar-refractivity contribution in [3.63, 3.8) is 0 Å². The topological polar surface area (TPSA) is 28.2 Å². The summed E-state index contributed by atoms with van der Waals surface area (Å²) in [5, 5.41) is 3.64. The number of pyridine rings is 1. The van der Waals surface area contributed by atoms with Crippen LogP contribution in [-0.4, -0.2) is 30.2 Å². The Morgan fingerprint density at radius 3 is 2.43 bits per heavy atom. The molecule has 0 radical (unpaired) electrons. The zero-order valence-electron chi connectivity index (χ0n) is 11.9. The Morgan fingerprint density at radius 2 is 1.86 bits per heavy atom. The van der Waals surface area contributed by atoms with Gasteiger partial charge in [-0.2, -0.15) is 13.2 Å². The third-order valence-electron chi connectivity index (χ3n) is 4.40. The molecule has 116 valence electrons. The molecular formula is C15H20F3N3. The summed E-state index contributed by atoms with van der Waals surface area (Å²) in [4.78, 5) is 6.08. The number of rotatable bonds is 3. The second kappa shape index (κ2) is 5.83. The number of halogens is 3. The minimum Gasteiger partial charge on any atom is -0.355 e. The van der Waals surface area contributed by atoms with Gasteiger partial charge in [-0.1, -0.05) is 6.42 Å². The molecule has 1 aromatic heterocycles. The first-order valence-electron chi connectivity index (χ1n) is 7.56. The van der Waals surface area contributed by atoms with E-state index in [-0.39, 0.29) is 0 Å². The summed E-state index contributed by atoms with van der Waals surface area (Å²) in [5.74, 6) is 0.642. The molecule has 2 fully saturated rings. The molecule has 1 atom stereocenters. The molecule has 1 aromatic rings. The van der Waals surface area contributed by atoms with Crippen molar-refractivity contribution in [2.45, 2.75) is 50.4 Å². The molecule has 3 rings (SSSR count). The molecule has 1 unspecified atom stereocenters. The van der Waals surface area contributed by atoms with Crippen LogP contribution in [0.5, 0.6) is 0 Å². The molecule has 6 heteroatoms. The standard InChI is InChI=1S/C15H20F3N3/c16-15(17,18)11-6-7-14(19-9-11)21-8-2-5-13(10-21)20-12-3-1-4-12/h6-7,9,12-13,20H,1-5,8,10H2. The van der Waals surface area contributed by atoms with E-state index in [2.05, 4.69) is 15.2 Å². The van der Waals surface area contributed by atoms with Crippen molar-refractivity contribution < 1.29 is 13.2 Å². The van der Waals surface area contributed by atoms with Gasteiger partial charge in [0.05, 0.1) is 5.56 Å². The van der Waals surface area contributed by atoms with Gasteiger partial charge in [0, 0.05) is 31.4 Å². The molecule has 0 amide bonds. The van der Waals surface area contributed by atoms with Crippen molar-refractivity contribution in [3.8, 4) is 0 Å². The molecule has 1 saturated heterocycles. The van der Waals surface area contributed by atoms with Crippen LogP contribution in [0.15, 0.2) is 18.3 Å². The number of hydrogen-bond donors (Lipinski definition) is 1. The van der Waals surface area contributed by atoms with Gasteiger partial charge < -0.3 is 10.2 Å². The summed E-state index contributed by atoms with van der Waals surface area (Å²) in [6.07, 6.45) is 2.58. The maximum Gasteiger partial charge on any atom is 0.417 e. The zero-order chi connectivity index (χ0) is 14.9. The Bertz CT molecular complexity index is 468. The number of nitrogens with one attached hydrogen (secondary N) is 1. The molecule has 0 spiro atoms. The smallest absolute Gasteiger partial charge is 0.355 e. The van der Waals surface area contributed by atoms with Crippen LogP contribution in [0.25, 0.3) is 0 Å². The summed E-state index contributed by atoms with van der Waals surface area (Å²) in [6.45, 7) is 1.69. The normalized spacial score (nSPS) is 24.0. The van der Waals surface area contributed by atoms with Crippen LogP contribution in [0.3, 0.4) is 0 Å². The number of aromatic nitrogens is 1. The van der Waals surface area contributed by atoms with Crippen molar-refractivity contribution in [1.29, 1.82) is 0 Å². The Balaban J connectivity index is 1.62. The molecule has 1 aliphatic heterocycles. The van der Waals surface area contributed by atoms with E-state index in [0.29, 0.717) is 17.9 Å². The summed E-state index contributed by atoms with van der Waals surface area (Å²) in [5.41, 5.74) is -0.688. The number of piperidine rings is 1. The highest BCUT2D eigenvalue weighted by molar-refractivity contribution is 5.40. The Morgan fingerprint density at radius 1 is 1.10 bits per heavy atom. The minimum atomic E-state index is -4.32. The Kier molecular flexibility index (Phi) is 4.06. The molecule has 3 nitrogen and oxygen atoms in total. The maximum absolute atomic E-state index is 12.5. The van der Waals surface area contributed by atoms with Crippen LogP contribution in [-0.2, 0) is 6.18 Å². The predicted octanol–water partition coefficient (Wildman–Crippen LogP) is 3.21. The van der Waals surface area contributed by atoms with Gasteiger partial charge >= 0.3 is 6.18 Å². The van der Waals surface area contributed by atoms with Gasteiger partial charge in [-0.25, -0.2) is 4.98 Å². The summed E-state index contributed by atoms with van der Waals surface area (Å²) < 4.78 is 37.6. The fourth-order valence-electron chi connectivity index (χ4n) is 2.97. The van der Waals surface area contributed by atoms with E-state index in [9.17, 15) is 13.2 Å². The van der Waals surface area contributed by atoms with Crippen molar-refractivity contribution >= 4 is 5.82 Å². The van der Waals surface area contributed by atoms with E-state index < -0.39 is 11.7 Å². The van der Waals surface area contributed by atoms with E-state index in [1.807, 2.05) is 0 Å². The van der Waals surface area contributed by atoms with Crippen LogP contribution in [0, 0.1) is 0 Å². The lowest BCUT2D eigenvalue weighted by molar-refractivity contribution is -0.137. The lowest BCUT2D eigenvalue weighted by atomic mass is 9.91. The largest absolute Gasteiger partial charge is 0.417 e. The third kappa shape index (κ3) is 3.48. The highest BCUT2D eigenvalue weighted by Crippen LogP contribution is 2.30. The minimum absolute atomic E-state index is 0.424. The van der Waals surface area contributed by atoms with Crippen LogP contribution < -0.4 is 10.2 Å². The number of nitrogens with zero attached hydrogens (tertiary/aromatic N) is 2. The number of alkyl halides is 3. The highest BCUT2D eigenvalue weighted by atomic mass is 19.4. The average molecular weight is 299 g/mol. The van der Waals surface area contributed by atoms with E-state index in [0.717, 1.165) is 38.2 Å². The van der Waals surface area contributed by atoms with Gasteiger partial charge in [-0.05, 0) is 37.8 Å². The van der Waals surface area contributed by atoms with E-state index in [1.165, 1.54) is 25.3 Å². The fourth-order valence-corrected chi connectivity index (χ4v) is 2.97. The van der Waals surface area contributed by atoms with E-state index in [1.54, 1.807) is 0 Å². The Hall–Kier alpha value is -1.30. The third-order valence-corrected chi connectivity index (χ3v) is 4.40. The molecule has 2 aliphatic rings. The molecule has 21 heavy (non-hydrogen) atoms. The van der Waals surface area contributed by atoms with Gasteiger partial charge in [0.1, 0.15) is 5.82 Å².